The van der Waals surface area contributed by atoms with Gasteiger partial charge < -0.3 is 0 Å². The summed E-state index contributed by atoms with van der Waals surface area (Å²) in [5, 5.41) is 2.94. The van der Waals surface area contributed by atoms with Gasteiger partial charge in [-0.3, -0.25) is 14.6 Å². The minimum atomic E-state index is 0.181. The Bertz CT molecular complexity index is 1490. The van der Waals surface area contributed by atoms with Crippen LogP contribution in [0.5, 0.6) is 0 Å². The maximum atomic E-state index is 11.2. The fraction of sp³-hybridized carbons (Fsp3) is 0. The maximum absolute atomic E-state index is 11.2. The van der Waals surface area contributed by atoms with E-state index in [0.717, 1.165) is 22.6 Å². The van der Waals surface area contributed by atoms with E-state index in [4.69, 9.17) is 34.8 Å². The summed E-state index contributed by atoms with van der Waals surface area (Å²) in [5.41, 5.74) is 3.61. The third-order valence-electron chi connectivity index (χ3n) is 4.79. The molecule has 3 heterocycles. The van der Waals surface area contributed by atoms with E-state index < -0.39 is 0 Å². The summed E-state index contributed by atoms with van der Waals surface area (Å²) in [6.07, 6.45) is 4.83. The second kappa shape index (κ2) is 10.0. The number of pyridine rings is 3. The zero-order valence-corrected chi connectivity index (χ0v) is 19.1. The number of para-hydroxylation sites is 2. The Balaban J connectivity index is 0.000000165. The highest BCUT2D eigenvalue weighted by Gasteiger charge is 2.10. The molecule has 0 saturated heterocycles. The van der Waals surface area contributed by atoms with E-state index in [9.17, 15) is 9.59 Å². The Morgan fingerprint density at radius 3 is 1.88 bits per heavy atom. The number of carbonyl (C=O) groups is 2. The summed E-state index contributed by atoms with van der Waals surface area (Å²) >= 11 is 17.8. The number of halogens is 3. The van der Waals surface area contributed by atoms with Crippen LogP contribution in [0, 0.1) is 0 Å². The first-order valence-corrected chi connectivity index (χ1v) is 10.8. The number of nitrogens with zero attached hydrogens (tertiary/aromatic N) is 3. The molecule has 0 spiro atoms. The van der Waals surface area contributed by atoms with Crippen molar-refractivity contribution in [1.29, 1.82) is 0 Å². The van der Waals surface area contributed by atoms with Crippen LogP contribution in [-0.2, 0) is 0 Å². The van der Waals surface area contributed by atoms with Gasteiger partial charge in [-0.05, 0) is 36.4 Å². The molecular formula is C25H14Cl3N3O2. The summed E-state index contributed by atoms with van der Waals surface area (Å²) in [6.45, 7) is 0. The second-order valence-corrected chi connectivity index (χ2v) is 8.07. The topological polar surface area (TPSA) is 72.8 Å². The molecular weight excluding hydrogens is 481 g/mol. The van der Waals surface area contributed by atoms with Crippen molar-refractivity contribution in [1.82, 2.24) is 15.0 Å². The normalized spacial score (nSPS) is 10.5. The molecule has 0 amide bonds. The maximum Gasteiger partial charge on any atom is 0.153 e. The predicted molar refractivity (Wildman–Crippen MR) is 133 cm³/mol. The van der Waals surface area contributed by atoms with Gasteiger partial charge in [0.25, 0.3) is 0 Å². The van der Waals surface area contributed by atoms with Crippen LogP contribution in [0.4, 0.5) is 0 Å². The van der Waals surface area contributed by atoms with Crippen molar-refractivity contribution in [3.05, 3.63) is 99.4 Å². The third kappa shape index (κ3) is 4.86. The quantitative estimate of drug-likeness (QED) is 0.197. The molecule has 0 aliphatic carbocycles. The van der Waals surface area contributed by atoms with Crippen molar-refractivity contribution < 1.29 is 9.59 Å². The summed E-state index contributed by atoms with van der Waals surface area (Å²) in [6, 6.07) is 18.0. The van der Waals surface area contributed by atoms with Crippen LogP contribution in [0.3, 0.4) is 0 Å². The van der Waals surface area contributed by atoms with Gasteiger partial charge in [-0.2, -0.15) is 0 Å². The average Bonchev–Trinajstić information content (AvgIpc) is 2.85. The summed E-state index contributed by atoms with van der Waals surface area (Å²) in [5.74, 6) is 0. The van der Waals surface area contributed by atoms with Crippen LogP contribution >= 0.6 is 34.8 Å². The second-order valence-electron chi connectivity index (χ2n) is 6.90. The predicted octanol–water partition coefficient (Wildman–Crippen LogP) is 7.12. The van der Waals surface area contributed by atoms with Crippen molar-refractivity contribution in [2.45, 2.75) is 0 Å². The Morgan fingerprint density at radius 2 is 1.30 bits per heavy atom. The lowest BCUT2D eigenvalue weighted by molar-refractivity contribution is 0.111. The molecule has 0 N–H and O–H groups in total. The highest BCUT2D eigenvalue weighted by molar-refractivity contribution is 6.36. The molecule has 0 aliphatic rings. The molecule has 0 saturated carbocycles. The molecule has 0 aliphatic heterocycles. The average molecular weight is 495 g/mol. The summed E-state index contributed by atoms with van der Waals surface area (Å²) in [7, 11) is 0. The summed E-state index contributed by atoms with van der Waals surface area (Å²) in [4.78, 5) is 34.4. The molecule has 5 aromatic rings. The standard InChI is InChI=1S/C15H9ClN2O.C10H5Cl2NO/c16-13-5-1-3-10-7-12(9-19)14(18-15(10)13)11-4-2-6-17-8-11;11-8-3-1-2-6-4-7(5-14)10(12)13-9(6)8/h1-9H;1-5H. The largest absolute Gasteiger partial charge is 0.298 e. The number of fused-ring (bicyclic) bond motifs is 2. The van der Waals surface area contributed by atoms with Crippen molar-refractivity contribution in [3.8, 4) is 11.3 Å². The van der Waals surface area contributed by atoms with Crippen LogP contribution in [0.2, 0.25) is 15.2 Å². The first-order valence-electron chi connectivity index (χ1n) is 9.66. The molecule has 162 valence electrons. The minimum Gasteiger partial charge on any atom is -0.298 e. The molecule has 2 aromatic carbocycles. The van der Waals surface area contributed by atoms with Gasteiger partial charge in [-0.25, -0.2) is 9.97 Å². The van der Waals surface area contributed by atoms with Gasteiger partial charge in [0.05, 0.1) is 32.3 Å². The molecule has 0 fully saturated rings. The molecule has 3 aromatic heterocycles. The Morgan fingerprint density at radius 1 is 0.697 bits per heavy atom. The van der Waals surface area contributed by atoms with Gasteiger partial charge in [0.1, 0.15) is 5.15 Å². The third-order valence-corrected chi connectivity index (χ3v) is 5.70. The van der Waals surface area contributed by atoms with Gasteiger partial charge in [-0.15, -0.1) is 0 Å². The first-order chi connectivity index (χ1) is 16.0. The van der Waals surface area contributed by atoms with E-state index in [1.807, 2.05) is 30.3 Å². The van der Waals surface area contributed by atoms with E-state index >= 15 is 0 Å². The monoisotopic (exact) mass is 493 g/mol. The van der Waals surface area contributed by atoms with Crippen molar-refractivity contribution >= 4 is 69.2 Å². The van der Waals surface area contributed by atoms with E-state index in [1.165, 1.54) is 0 Å². The molecule has 0 atom stereocenters. The van der Waals surface area contributed by atoms with E-state index in [2.05, 4.69) is 15.0 Å². The Labute approximate surface area is 204 Å². The molecule has 0 bridgehead atoms. The van der Waals surface area contributed by atoms with Crippen LogP contribution in [0.25, 0.3) is 33.1 Å². The lowest BCUT2D eigenvalue weighted by Gasteiger charge is -2.07. The van der Waals surface area contributed by atoms with Crippen LogP contribution in [0.15, 0.2) is 73.1 Å². The SMILES string of the molecule is O=Cc1cc2cccc(Cl)c2nc1-c1cccnc1.O=Cc1cc2cccc(Cl)c2nc1Cl. The fourth-order valence-corrected chi connectivity index (χ4v) is 3.87. The summed E-state index contributed by atoms with van der Waals surface area (Å²) < 4.78 is 0. The lowest BCUT2D eigenvalue weighted by atomic mass is 10.1. The van der Waals surface area contributed by atoms with Crippen molar-refractivity contribution in [2.24, 2.45) is 0 Å². The zero-order valence-electron chi connectivity index (χ0n) is 16.9. The smallest absolute Gasteiger partial charge is 0.153 e. The van der Waals surface area contributed by atoms with Crippen LogP contribution in [-0.4, -0.2) is 27.5 Å². The van der Waals surface area contributed by atoms with Gasteiger partial charge in [-0.1, -0.05) is 59.1 Å². The number of aromatic nitrogens is 3. The molecule has 0 unspecified atom stereocenters. The molecule has 33 heavy (non-hydrogen) atoms. The highest BCUT2D eigenvalue weighted by Crippen LogP contribution is 2.28. The van der Waals surface area contributed by atoms with Gasteiger partial charge >= 0.3 is 0 Å². The van der Waals surface area contributed by atoms with Crippen molar-refractivity contribution in [2.75, 3.05) is 0 Å². The number of benzene rings is 2. The fourth-order valence-electron chi connectivity index (χ4n) is 3.24. The number of aldehydes is 2. The van der Waals surface area contributed by atoms with E-state index in [-0.39, 0.29) is 5.15 Å². The van der Waals surface area contributed by atoms with Crippen LogP contribution in [0.1, 0.15) is 20.7 Å². The molecule has 5 nitrogen and oxygen atoms in total. The van der Waals surface area contributed by atoms with E-state index in [0.29, 0.717) is 44.2 Å². The molecule has 0 radical (unpaired) electrons. The highest BCUT2D eigenvalue weighted by atomic mass is 35.5. The van der Waals surface area contributed by atoms with Crippen molar-refractivity contribution in [3.63, 3.8) is 0 Å². The van der Waals surface area contributed by atoms with Gasteiger partial charge in [0.15, 0.2) is 12.6 Å². The number of carbonyl (C=O) groups excluding carboxylic acids is 2. The molecule has 5 rings (SSSR count). The first kappa shape index (κ1) is 22.8. The number of rotatable bonds is 3. The minimum absolute atomic E-state index is 0.181. The Hall–Kier alpha value is -3.38. The van der Waals surface area contributed by atoms with Gasteiger partial charge in [0, 0.05) is 34.3 Å². The molecule has 8 heteroatoms. The van der Waals surface area contributed by atoms with E-state index in [1.54, 1.807) is 42.7 Å². The number of hydrogen-bond donors (Lipinski definition) is 0. The lowest BCUT2D eigenvalue weighted by Crippen LogP contribution is -1.94. The van der Waals surface area contributed by atoms with Gasteiger partial charge in [0.2, 0.25) is 0 Å². The number of hydrogen-bond acceptors (Lipinski definition) is 5. The Kier molecular flexibility index (Phi) is 6.94. The zero-order chi connectivity index (χ0) is 23.4. The van der Waals surface area contributed by atoms with Crippen LogP contribution < -0.4 is 0 Å².